The molecule has 1 aromatic heterocycles. The second-order valence-corrected chi connectivity index (χ2v) is 4.16. The van der Waals surface area contributed by atoms with E-state index in [-0.39, 0.29) is 0 Å². The summed E-state index contributed by atoms with van der Waals surface area (Å²) >= 11 is 0. The molecule has 0 spiro atoms. The SMILES string of the molecule is CCCn1ncnc1COc1cccc(N)c1C. The minimum atomic E-state index is 0.407. The lowest BCUT2D eigenvalue weighted by molar-refractivity contribution is 0.284. The van der Waals surface area contributed by atoms with Crippen LogP contribution in [0.4, 0.5) is 5.69 Å². The van der Waals surface area contributed by atoms with Gasteiger partial charge in [-0.25, -0.2) is 9.67 Å². The lowest BCUT2D eigenvalue weighted by atomic mass is 10.2. The smallest absolute Gasteiger partial charge is 0.164 e. The van der Waals surface area contributed by atoms with Crippen LogP contribution in [0.5, 0.6) is 5.75 Å². The van der Waals surface area contributed by atoms with Crippen LogP contribution >= 0.6 is 0 Å². The van der Waals surface area contributed by atoms with Gasteiger partial charge in [-0.2, -0.15) is 5.10 Å². The molecule has 0 fully saturated rings. The molecule has 1 aromatic carbocycles. The number of aromatic nitrogens is 3. The fourth-order valence-corrected chi connectivity index (χ4v) is 1.73. The van der Waals surface area contributed by atoms with Crippen LogP contribution in [-0.4, -0.2) is 14.8 Å². The molecule has 0 amide bonds. The Bertz CT molecular complexity index is 521. The summed E-state index contributed by atoms with van der Waals surface area (Å²) in [7, 11) is 0. The summed E-state index contributed by atoms with van der Waals surface area (Å²) in [5, 5.41) is 4.16. The number of aryl methyl sites for hydroxylation is 1. The first-order valence-electron chi connectivity index (χ1n) is 6.07. The van der Waals surface area contributed by atoms with Gasteiger partial charge in [0.1, 0.15) is 18.7 Å². The third-order valence-corrected chi connectivity index (χ3v) is 2.81. The highest BCUT2D eigenvalue weighted by atomic mass is 16.5. The molecule has 0 saturated carbocycles. The van der Waals surface area contributed by atoms with Gasteiger partial charge >= 0.3 is 0 Å². The predicted octanol–water partition coefficient (Wildman–Crippen LogP) is 2.16. The summed E-state index contributed by atoms with van der Waals surface area (Å²) in [5.74, 6) is 1.62. The average molecular weight is 246 g/mol. The number of benzene rings is 1. The molecule has 2 rings (SSSR count). The normalized spacial score (nSPS) is 10.6. The van der Waals surface area contributed by atoms with Gasteiger partial charge in [0.2, 0.25) is 0 Å². The number of nitrogens with zero attached hydrogens (tertiary/aromatic N) is 3. The largest absolute Gasteiger partial charge is 0.485 e. The molecule has 5 nitrogen and oxygen atoms in total. The van der Waals surface area contributed by atoms with E-state index in [1.54, 1.807) is 6.33 Å². The summed E-state index contributed by atoms with van der Waals surface area (Å²) in [6.07, 6.45) is 2.58. The van der Waals surface area contributed by atoms with Crippen molar-refractivity contribution < 1.29 is 4.74 Å². The highest BCUT2D eigenvalue weighted by Crippen LogP contribution is 2.23. The Morgan fingerprint density at radius 3 is 3.00 bits per heavy atom. The van der Waals surface area contributed by atoms with Gasteiger partial charge in [-0.15, -0.1) is 0 Å². The number of hydrogen-bond donors (Lipinski definition) is 1. The number of hydrogen-bond acceptors (Lipinski definition) is 4. The van der Waals surface area contributed by atoms with Gasteiger partial charge in [0.15, 0.2) is 5.82 Å². The second-order valence-electron chi connectivity index (χ2n) is 4.16. The van der Waals surface area contributed by atoms with Gasteiger partial charge in [-0.05, 0) is 25.5 Å². The molecule has 0 unspecified atom stereocenters. The number of nitrogen functional groups attached to an aromatic ring is 1. The predicted molar refractivity (Wildman–Crippen MR) is 70.2 cm³/mol. The van der Waals surface area contributed by atoms with Crippen LogP contribution in [0.15, 0.2) is 24.5 Å². The topological polar surface area (TPSA) is 66.0 Å². The highest BCUT2D eigenvalue weighted by Gasteiger charge is 2.07. The zero-order valence-corrected chi connectivity index (χ0v) is 10.8. The van der Waals surface area contributed by atoms with Crippen molar-refractivity contribution in [3.63, 3.8) is 0 Å². The summed E-state index contributed by atoms with van der Waals surface area (Å²) in [5.41, 5.74) is 7.53. The van der Waals surface area contributed by atoms with Crippen molar-refractivity contribution in [2.45, 2.75) is 33.4 Å². The van der Waals surface area contributed by atoms with E-state index in [9.17, 15) is 0 Å². The monoisotopic (exact) mass is 246 g/mol. The quantitative estimate of drug-likeness (QED) is 0.821. The Balaban J connectivity index is 2.07. The molecule has 0 atom stereocenters. The lowest BCUT2D eigenvalue weighted by Gasteiger charge is -2.10. The first kappa shape index (κ1) is 12.4. The molecule has 0 aliphatic rings. The van der Waals surface area contributed by atoms with Gasteiger partial charge in [-0.3, -0.25) is 0 Å². The van der Waals surface area contributed by atoms with Gasteiger partial charge in [-0.1, -0.05) is 13.0 Å². The molecular formula is C13H18N4O. The molecule has 0 aliphatic heterocycles. The van der Waals surface area contributed by atoms with Crippen molar-refractivity contribution in [3.05, 3.63) is 35.9 Å². The minimum Gasteiger partial charge on any atom is -0.485 e. The van der Waals surface area contributed by atoms with Gasteiger partial charge < -0.3 is 10.5 Å². The summed E-state index contributed by atoms with van der Waals surface area (Å²) in [6.45, 7) is 5.31. The summed E-state index contributed by atoms with van der Waals surface area (Å²) in [4.78, 5) is 4.20. The van der Waals surface area contributed by atoms with Crippen LogP contribution in [0.25, 0.3) is 0 Å². The van der Waals surface area contributed by atoms with Crippen molar-refractivity contribution in [2.24, 2.45) is 0 Å². The van der Waals surface area contributed by atoms with E-state index >= 15 is 0 Å². The average Bonchev–Trinajstić information content (AvgIpc) is 2.79. The fraction of sp³-hybridized carbons (Fsp3) is 0.385. The summed E-state index contributed by atoms with van der Waals surface area (Å²) in [6, 6.07) is 5.66. The molecular weight excluding hydrogens is 228 g/mol. The van der Waals surface area contributed by atoms with Crippen LogP contribution in [0, 0.1) is 6.92 Å². The molecule has 0 saturated heterocycles. The molecule has 5 heteroatoms. The summed E-state index contributed by atoms with van der Waals surface area (Å²) < 4.78 is 7.61. The minimum absolute atomic E-state index is 0.407. The molecule has 0 bridgehead atoms. The molecule has 2 N–H and O–H groups in total. The maximum atomic E-state index is 5.83. The number of rotatable bonds is 5. The zero-order chi connectivity index (χ0) is 13.0. The van der Waals surface area contributed by atoms with E-state index in [4.69, 9.17) is 10.5 Å². The Kier molecular flexibility index (Phi) is 3.82. The van der Waals surface area contributed by atoms with E-state index in [0.29, 0.717) is 6.61 Å². The molecule has 1 heterocycles. The Morgan fingerprint density at radius 1 is 1.39 bits per heavy atom. The zero-order valence-electron chi connectivity index (χ0n) is 10.8. The Morgan fingerprint density at radius 2 is 2.22 bits per heavy atom. The van der Waals surface area contributed by atoms with Crippen LogP contribution in [0.3, 0.4) is 0 Å². The molecule has 0 radical (unpaired) electrons. The van der Waals surface area contributed by atoms with Crippen molar-refractivity contribution in [3.8, 4) is 5.75 Å². The maximum Gasteiger partial charge on any atom is 0.164 e. The molecule has 18 heavy (non-hydrogen) atoms. The molecule has 0 aliphatic carbocycles. The van der Waals surface area contributed by atoms with Crippen molar-refractivity contribution in [2.75, 3.05) is 5.73 Å². The van der Waals surface area contributed by atoms with Gasteiger partial charge in [0, 0.05) is 17.8 Å². The lowest BCUT2D eigenvalue weighted by Crippen LogP contribution is -2.09. The van der Waals surface area contributed by atoms with Crippen LogP contribution in [0.2, 0.25) is 0 Å². The fourth-order valence-electron chi connectivity index (χ4n) is 1.73. The van der Waals surface area contributed by atoms with Gasteiger partial charge in [0.25, 0.3) is 0 Å². The second kappa shape index (κ2) is 5.53. The van der Waals surface area contributed by atoms with Crippen LogP contribution in [0.1, 0.15) is 24.7 Å². The number of anilines is 1. The Hall–Kier alpha value is -2.04. The van der Waals surface area contributed by atoms with E-state index < -0.39 is 0 Å². The third-order valence-electron chi connectivity index (χ3n) is 2.81. The number of ether oxygens (including phenoxy) is 1. The third kappa shape index (κ3) is 2.61. The standard InChI is InChI=1S/C13H18N4O/c1-3-7-17-13(15-9-16-17)8-18-12-6-4-5-11(14)10(12)2/h4-6,9H,3,7-8,14H2,1-2H3. The van der Waals surface area contributed by atoms with Crippen LogP contribution in [-0.2, 0) is 13.2 Å². The molecule has 2 aromatic rings. The van der Waals surface area contributed by atoms with E-state index in [0.717, 1.165) is 35.8 Å². The van der Waals surface area contributed by atoms with E-state index in [1.807, 2.05) is 29.8 Å². The molecule has 96 valence electrons. The van der Waals surface area contributed by atoms with Crippen molar-refractivity contribution in [1.82, 2.24) is 14.8 Å². The first-order valence-corrected chi connectivity index (χ1v) is 6.07. The maximum absolute atomic E-state index is 5.83. The van der Waals surface area contributed by atoms with E-state index in [1.165, 1.54) is 0 Å². The van der Waals surface area contributed by atoms with Crippen molar-refractivity contribution >= 4 is 5.69 Å². The van der Waals surface area contributed by atoms with Crippen molar-refractivity contribution in [1.29, 1.82) is 0 Å². The van der Waals surface area contributed by atoms with Gasteiger partial charge in [0.05, 0.1) is 0 Å². The van der Waals surface area contributed by atoms with E-state index in [2.05, 4.69) is 17.0 Å². The number of nitrogens with two attached hydrogens (primary N) is 1. The van der Waals surface area contributed by atoms with Crippen LogP contribution < -0.4 is 10.5 Å². The first-order chi connectivity index (χ1) is 8.72. The Labute approximate surface area is 107 Å². The highest BCUT2D eigenvalue weighted by molar-refractivity contribution is 5.53.